The highest BCUT2D eigenvalue weighted by Crippen LogP contribution is 2.60. The second kappa shape index (κ2) is 14.6. The Morgan fingerprint density at radius 1 is 1.28 bits per heavy atom. The van der Waals surface area contributed by atoms with E-state index in [-0.39, 0.29) is 17.5 Å². The molecule has 4 atom stereocenters. The Hall–Kier alpha value is -1.53. The highest BCUT2D eigenvalue weighted by Gasteiger charge is 2.50. The molecule has 1 nitrogen and oxygen atoms in total. The van der Waals surface area contributed by atoms with E-state index in [0.717, 1.165) is 30.7 Å². The predicted molar refractivity (Wildman–Crippen MR) is 142 cm³/mol. The Labute approximate surface area is 198 Å². The zero-order chi connectivity index (χ0) is 24.1. The third-order valence-electron chi connectivity index (χ3n) is 6.65. The highest BCUT2D eigenvalue weighted by atomic mass is 31.0. The van der Waals surface area contributed by atoms with Crippen molar-refractivity contribution in [2.24, 2.45) is 11.3 Å². The van der Waals surface area contributed by atoms with Crippen LogP contribution in [-0.2, 0) is 4.79 Å². The third-order valence-corrected chi connectivity index (χ3v) is 7.09. The van der Waals surface area contributed by atoms with Crippen LogP contribution in [0.1, 0.15) is 98.0 Å². The summed E-state index contributed by atoms with van der Waals surface area (Å²) in [4.78, 5) is 11.5. The van der Waals surface area contributed by atoms with Crippen LogP contribution >= 0.6 is 9.24 Å². The summed E-state index contributed by atoms with van der Waals surface area (Å²) in [5.41, 5.74) is 3.08. The van der Waals surface area contributed by atoms with E-state index in [9.17, 15) is 9.18 Å². The van der Waals surface area contributed by atoms with E-state index in [1.165, 1.54) is 24.5 Å². The van der Waals surface area contributed by atoms with Crippen LogP contribution in [0.25, 0.3) is 0 Å². The normalized spacial score (nSPS) is 21.5. The summed E-state index contributed by atoms with van der Waals surface area (Å²) in [5.74, 6) is 1.15. The summed E-state index contributed by atoms with van der Waals surface area (Å²) in [6, 6.07) is 5.12. The molecule has 1 aromatic rings. The van der Waals surface area contributed by atoms with Crippen LogP contribution in [0, 0.1) is 17.2 Å². The second-order valence-corrected chi connectivity index (χ2v) is 9.56. The van der Waals surface area contributed by atoms with Gasteiger partial charge in [-0.1, -0.05) is 77.5 Å². The van der Waals surface area contributed by atoms with Gasteiger partial charge in [-0.05, 0) is 73.1 Å². The van der Waals surface area contributed by atoms with Crippen LogP contribution in [0.4, 0.5) is 4.39 Å². The molecule has 32 heavy (non-hydrogen) atoms. The molecule has 4 unspecified atom stereocenters. The summed E-state index contributed by atoms with van der Waals surface area (Å²) in [6.07, 6.45) is 18.1. The molecule has 0 aliphatic heterocycles. The van der Waals surface area contributed by atoms with Crippen molar-refractivity contribution in [2.45, 2.75) is 92.4 Å². The predicted octanol–water partition coefficient (Wildman–Crippen LogP) is 8.47. The summed E-state index contributed by atoms with van der Waals surface area (Å²) >= 11 is 0. The van der Waals surface area contributed by atoms with Crippen molar-refractivity contribution in [2.75, 3.05) is 0 Å². The molecule has 0 amide bonds. The van der Waals surface area contributed by atoms with Crippen molar-refractivity contribution in [3.8, 4) is 0 Å². The van der Waals surface area contributed by atoms with E-state index in [0.29, 0.717) is 23.6 Å². The number of halogens is 1. The highest BCUT2D eigenvalue weighted by molar-refractivity contribution is 7.27. The van der Waals surface area contributed by atoms with E-state index in [1.807, 2.05) is 13.0 Å². The van der Waals surface area contributed by atoms with E-state index < -0.39 is 0 Å². The number of carbonyl (C=O) groups is 1. The third kappa shape index (κ3) is 8.43. The fourth-order valence-corrected chi connectivity index (χ4v) is 4.72. The first kappa shape index (κ1) is 28.5. The molecular formula is C29H44FOP. The molecule has 3 heteroatoms. The number of hydrogen-bond donors (Lipinski definition) is 0. The average molecular weight is 459 g/mol. The van der Waals surface area contributed by atoms with Crippen molar-refractivity contribution < 1.29 is 9.18 Å². The zero-order valence-electron chi connectivity index (χ0n) is 21.1. The maximum Gasteiger partial charge on any atom is 0.133 e. The Bertz CT molecular complexity index is 803. The van der Waals surface area contributed by atoms with Crippen molar-refractivity contribution in [1.29, 1.82) is 0 Å². The van der Waals surface area contributed by atoms with Crippen LogP contribution in [0.15, 0.2) is 54.2 Å². The first-order valence-corrected chi connectivity index (χ1v) is 12.9. The van der Waals surface area contributed by atoms with Crippen LogP contribution in [0.3, 0.4) is 0 Å². The Morgan fingerprint density at radius 3 is 2.44 bits per heavy atom. The molecule has 1 saturated carbocycles. The zero-order valence-corrected chi connectivity index (χ0v) is 22.2. The number of ketones is 1. The van der Waals surface area contributed by atoms with Gasteiger partial charge in [0.05, 0.1) is 0 Å². The van der Waals surface area contributed by atoms with Gasteiger partial charge in [-0.3, -0.25) is 4.79 Å². The lowest BCUT2D eigenvalue weighted by Gasteiger charge is -2.16. The lowest BCUT2D eigenvalue weighted by Crippen LogP contribution is -2.09. The minimum Gasteiger partial charge on any atom is -0.300 e. The SMILES string of the molecule is CCCC(CC(=O)CC)c1ccc(F)c(P)c1.C\C=C/C(=C\C=C\CC)C1(CC)CC1C. The van der Waals surface area contributed by atoms with E-state index in [2.05, 4.69) is 74.2 Å². The summed E-state index contributed by atoms with van der Waals surface area (Å²) in [5, 5.41) is 0.576. The maximum atomic E-state index is 13.2. The van der Waals surface area contributed by atoms with Gasteiger partial charge in [0.15, 0.2) is 0 Å². The van der Waals surface area contributed by atoms with Crippen LogP contribution < -0.4 is 5.30 Å². The number of carbonyl (C=O) groups excluding carboxylic acids is 1. The van der Waals surface area contributed by atoms with Gasteiger partial charge in [-0.15, -0.1) is 9.24 Å². The van der Waals surface area contributed by atoms with Gasteiger partial charge in [0.25, 0.3) is 0 Å². The summed E-state index contributed by atoms with van der Waals surface area (Å²) < 4.78 is 13.2. The van der Waals surface area contributed by atoms with Crippen molar-refractivity contribution in [3.63, 3.8) is 0 Å². The molecule has 0 saturated heterocycles. The lowest BCUT2D eigenvalue weighted by atomic mass is 9.89. The number of benzene rings is 1. The quantitative estimate of drug-likeness (QED) is 0.240. The van der Waals surface area contributed by atoms with E-state index in [4.69, 9.17) is 0 Å². The summed E-state index contributed by atoms with van der Waals surface area (Å²) in [7, 11) is 2.40. The molecule has 1 fully saturated rings. The van der Waals surface area contributed by atoms with Gasteiger partial charge in [0.1, 0.15) is 11.6 Å². The fraction of sp³-hybridized carbons (Fsp3) is 0.552. The van der Waals surface area contributed by atoms with Crippen molar-refractivity contribution >= 4 is 20.3 Å². The van der Waals surface area contributed by atoms with E-state index in [1.54, 1.807) is 6.07 Å². The first-order chi connectivity index (χ1) is 15.3. The molecule has 1 aromatic carbocycles. The van der Waals surface area contributed by atoms with Crippen LogP contribution in [0.2, 0.25) is 0 Å². The van der Waals surface area contributed by atoms with Gasteiger partial charge >= 0.3 is 0 Å². The van der Waals surface area contributed by atoms with Crippen molar-refractivity contribution in [3.05, 3.63) is 65.5 Å². The Balaban J connectivity index is 0.000000323. The number of hydrogen-bond acceptors (Lipinski definition) is 1. The van der Waals surface area contributed by atoms with Crippen molar-refractivity contribution in [1.82, 2.24) is 0 Å². The molecule has 0 radical (unpaired) electrons. The molecule has 1 aliphatic carbocycles. The number of allylic oxidation sites excluding steroid dienone is 6. The molecular weight excluding hydrogens is 414 g/mol. The van der Waals surface area contributed by atoms with Gasteiger partial charge in [0, 0.05) is 18.1 Å². The minimum atomic E-state index is -0.212. The second-order valence-electron chi connectivity index (χ2n) is 8.94. The van der Waals surface area contributed by atoms with E-state index >= 15 is 0 Å². The topological polar surface area (TPSA) is 17.1 Å². The molecule has 0 N–H and O–H groups in total. The summed E-state index contributed by atoms with van der Waals surface area (Å²) in [6.45, 7) is 12.9. The molecule has 0 spiro atoms. The lowest BCUT2D eigenvalue weighted by molar-refractivity contribution is -0.119. The van der Waals surface area contributed by atoms with Crippen LogP contribution in [0.5, 0.6) is 0 Å². The van der Waals surface area contributed by atoms with Gasteiger partial charge in [0.2, 0.25) is 0 Å². The van der Waals surface area contributed by atoms with Gasteiger partial charge in [-0.2, -0.15) is 0 Å². The molecule has 0 aromatic heterocycles. The Kier molecular flexibility index (Phi) is 13.0. The first-order valence-electron chi connectivity index (χ1n) is 12.4. The number of Topliss-reactive ketones (excluding diaryl/α,β-unsaturated/α-hetero) is 1. The Morgan fingerprint density at radius 2 is 1.97 bits per heavy atom. The number of rotatable bonds is 11. The standard InChI is InChI=1S/C15H24.C14H20FOP/c1-5-8-9-11-14(10-6-2)15(7-3)12-13(15)4;1-3-5-10(8-12(16)4-2)11-6-7-13(15)14(17)9-11/h6,8-11,13H,5,7,12H2,1-4H3;6-7,9-10H,3-5,8,17H2,1-2H3/b9-8+,10-6-,14-11+;. The average Bonchev–Trinajstić information content (AvgIpc) is 3.46. The van der Waals surface area contributed by atoms with Gasteiger partial charge < -0.3 is 0 Å². The minimum absolute atomic E-state index is 0.212. The van der Waals surface area contributed by atoms with Crippen LogP contribution in [-0.4, -0.2) is 5.78 Å². The molecule has 0 bridgehead atoms. The van der Waals surface area contributed by atoms with Gasteiger partial charge in [-0.25, -0.2) is 4.39 Å². The molecule has 2 rings (SSSR count). The largest absolute Gasteiger partial charge is 0.300 e. The molecule has 1 aliphatic rings. The maximum absolute atomic E-state index is 13.2. The smallest absolute Gasteiger partial charge is 0.133 e. The molecule has 0 heterocycles. The molecule has 178 valence electrons. The fourth-order valence-electron chi connectivity index (χ4n) is 4.43. The monoisotopic (exact) mass is 458 g/mol.